The first-order valence-electron chi connectivity index (χ1n) is 11.2. The number of rotatable bonds is 12. The van der Waals surface area contributed by atoms with Crippen LogP contribution in [0.15, 0.2) is 24.3 Å². The van der Waals surface area contributed by atoms with Crippen LogP contribution in [0.3, 0.4) is 0 Å². The zero-order chi connectivity index (χ0) is 25.1. The number of benzene rings is 1. The Labute approximate surface area is 204 Å². The normalized spacial score (nSPS) is 14.1. The van der Waals surface area contributed by atoms with Crippen molar-refractivity contribution in [2.45, 2.75) is 82.8 Å². The van der Waals surface area contributed by atoms with Crippen LogP contribution in [0.5, 0.6) is 5.75 Å². The number of amides is 1. The number of hydrogen-bond acceptors (Lipinski definition) is 7. The Morgan fingerprint density at radius 3 is 2.18 bits per heavy atom. The second kappa shape index (κ2) is 13.8. The number of hydrogen-bond donors (Lipinski definition) is 3. The number of carbonyl (C=O) groups excluding carboxylic acids is 2. The third-order valence-corrected chi connectivity index (χ3v) is 6.81. The summed E-state index contributed by atoms with van der Waals surface area (Å²) in [4.78, 5) is 24.4. The van der Waals surface area contributed by atoms with Gasteiger partial charge in [0, 0.05) is 0 Å². The van der Waals surface area contributed by atoms with E-state index in [1.54, 1.807) is 0 Å². The molecular formula is C24H40AsNO7. The van der Waals surface area contributed by atoms with Crippen molar-refractivity contribution in [1.29, 1.82) is 0 Å². The van der Waals surface area contributed by atoms with Crippen molar-refractivity contribution in [2.24, 2.45) is 0 Å². The summed E-state index contributed by atoms with van der Waals surface area (Å²) >= 11 is -1.09. The SMILES string of the molecule is CC(C)(C)OC(=O)NCC(CCCc1ccc(OCC(O)CO)cc1)[AsH]C(=O)OC(C)(C)C. The molecule has 9 heteroatoms. The van der Waals surface area contributed by atoms with Crippen LogP contribution in [0, 0.1) is 0 Å². The van der Waals surface area contributed by atoms with Gasteiger partial charge in [-0.1, -0.05) is 0 Å². The van der Waals surface area contributed by atoms with Crippen molar-refractivity contribution >= 4 is 26.6 Å². The Balaban J connectivity index is 2.59. The average Bonchev–Trinajstić information content (AvgIpc) is 2.68. The van der Waals surface area contributed by atoms with Crippen molar-refractivity contribution in [2.75, 3.05) is 19.8 Å². The molecule has 8 nitrogen and oxygen atoms in total. The fraction of sp³-hybridized carbons (Fsp3) is 0.667. The summed E-state index contributed by atoms with van der Waals surface area (Å²) in [5.41, 5.74) is 0.0228. The van der Waals surface area contributed by atoms with Gasteiger partial charge >= 0.3 is 199 Å². The molecule has 0 saturated carbocycles. The third-order valence-electron chi connectivity index (χ3n) is 4.21. The van der Waals surface area contributed by atoms with E-state index in [-0.39, 0.29) is 22.7 Å². The first-order valence-corrected chi connectivity index (χ1v) is 13.5. The maximum absolute atomic E-state index is 12.4. The first kappa shape index (κ1) is 29.3. The van der Waals surface area contributed by atoms with E-state index in [1.807, 2.05) is 65.8 Å². The fourth-order valence-corrected chi connectivity index (χ4v) is 5.40. The Morgan fingerprint density at radius 2 is 1.64 bits per heavy atom. The molecule has 0 saturated heterocycles. The summed E-state index contributed by atoms with van der Waals surface area (Å²) in [7, 11) is 0. The number of aliphatic hydroxyl groups excluding tert-OH is 2. The quantitative estimate of drug-likeness (QED) is 0.356. The van der Waals surface area contributed by atoms with Crippen molar-refractivity contribution in [3.8, 4) is 5.75 Å². The van der Waals surface area contributed by atoms with Gasteiger partial charge in [-0.2, -0.15) is 0 Å². The molecule has 0 aliphatic carbocycles. The number of aliphatic hydroxyl groups is 2. The minimum absolute atomic E-state index is 0.0387. The first-order chi connectivity index (χ1) is 15.3. The molecule has 1 aromatic carbocycles. The second-order valence-electron chi connectivity index (χ2n) is 9.91. The molecule has 0 aliphatic heterocycles. The predicted molar refractivity (Wildman–Crippen MR) is 129 cm³/mol. The van der Waals surface area contributed by atoms with Crippen molar-refractivity contribution in [3.63, 3.8) is 0 Å². The molecule has 33 heavy (non-hydrogen) atoms. The van der Waals surface area contributed by atoms with E-state index in [4.69, 9.17) is 19.3 Å². The Kier molecular flexibility index (Phi) is 12.3. The van der Waals surface area contributed by atoms with Gasteiger partial charge in [0.15, 0.2) is 0 Å². The molecule has 1 rings (SSSR count). The maximum atomic E-state index is 12.4. The van der Waals surface area contributed by atoms with Gasteiger partial charge in [0.2, 0.25) is 0 Å². The molecule has 0 spiro atoms. The zero-order valence-electron chi connectivity index (χ0n) is 20.6. The van der Waals surface area contributed by atoms with Gasteiger partial charge in [-0.25, -0.2) is 0 Å². The molecule has 0 aliphatic rings. The van der Waals surface area contributed by atoms with Crippen LogP contribution in [-0.2, 0) is 15.9 Å². The van der Waals surface area contributed by atoms with Crippen LogP contribution in [0.2, 0.25) is 4.71 Å². The molecule has 0 radical (unpaired) electrons. The van der Waals surface area contributed by atoms with E-state index in [2.05, 4.69) is 5.32 Å². The average molecular weight is 530 g/mol. The van der Waals surface area contributed by atoms with Crippen LogP contribution in [0.4, 0.5) is 9.59 Å². The van der Waals surface area contributed by atoms with Crippen LogP contribution >= 0.6 is 0 Å². The van der Waals surface area contributed by atoms with E-state index >= 15 is 0 Å². The van der Waals surface area contributed by atoms with E-state index in [1.165, 1.54) is 0 Å². The van der Waals surface area contributed by atoms with E-state index in [9.17, 15) is 14.7 Å². The number of ether oxygens (including phenoxy) is 3. The van der Waals surface area contributed by atoms with Gasteiger partial charge in [0.1, 0.15) is 0 Å². The summed E-state index contributed by atoms with van der Waals surface area (Å²) in [5, 5.41) is 21.0. The van der Waals surface area contributed by atoms with Crippen molar-refractivity contribution in [3.05, 3.63) is 29.8 Å². The van der Waals surface area contributed by atoms with Gasteiger partial charge in [0.05, 0.1) is 0 Å². The fourth-order valence-electron chi connectivity index (χ4n) is 2.77. The summed E-state index contributed by atoms with van der Waals surface area (Å²) in [6.45, 7) is 11.1. The standard InChI is InChI=1S/C24H40AsNO7/c1-23(2,3)32-21(29)25-18(14-26-22(30)33-24(4,5)6)9-7-8-17-10-12-20(13-11-17)31-16-19(28)15-27/h10-13,18-19,25,27-28H,7-9,14-16H2,1-6H3,(H,26,30). The summed E-state index contributed by atoms with van der Waals surface area (Å²) in [6, 6.07) is 7.57. The number of nitrogens with one attached hydrogen (secondary N) is 1. The topological polar surface area (TPSA) is 114 Å². The molecule has 0 heterocycles. The van der Waals surface area contributed by atoms with Gasteiger partial charge in [-0.15, -0.1) is 0 Å². The van der Waals surface area contributed by atoms with Gasteiger partial charge in [-0.3, -0.25) is 0 Å². The third kappa shape index (κ3) is 14.9. The predicted octanol–water partition coefficient (Wildman–Crippen LogP) is 3.43. The molecular weight excluding hydrogens is 489 g/mol. The van der Waals surface area contributed by atoms with Crippen LogP contribution < -0.4 is 10.1 Å². The molecule has 188 valence electrons. The van der Waals surface area contributed by atoms with Crippen LogP contribution in [0.1, 0.15) is 59.9 Å². The van der Waals surface area contributed by atoms with Crippen LogP contribution in [-0.4, -0.2) is 73.9 Å². The van der Waals surface area contributed by atoms with Gasteiger partial charge in [0.25, 0.3) is 0 Å². The zero-order valence-corrected chi connectivity index (χ0v) is 22.7. The molecule has 3 atom stereocenters. The van der Waals surface area contributed by atoms with E-state index in [0.717, 1.165) is 24.8 Å². The molecule has 0 fully saturated rings. The van der Waals surface area contributed by atoms with E-state index < -0.39 is 39.2 Å². The van der Waals surface area contributed by atoms with Crippen molar-refractivity contribution in [1.82, 2.24) is 5.32 Å². The molecule has 3 N–H and O–H groups in total. The Bertz CT molecular complexity index is 726. The molecule has 3 unspecified atom stereocenters. The minimum atomic E-state index is -1.09. The van der Waals surface area contributed by atoms with Crippen LogP contribution in [0.25, 0.3) is 0 Å². The van der Waals surface area contributed by atoms with Crippen molar-refractivity contribution < 1.29 is 34.0 Å². The number of aryl methyl sites for hydroxylation is 1. The van der Waals surface area contributed by atoms with Gasteiger partial charge in [-0.05, 0) is 0 Å². The number of carbonyl (C=O) groups is 2. The monoisotopic (exact) mass is 529 g/mol. The molecule has 0 aromatic heterocycles. The molecule has 1 aromatic rings. The summed E-state index contributed by atoms with van der Waals surface area (Å²) < 4.78 is 16.1. The van der Waals surface area contributed by atoms with E-state index in [0.29, 0.717) is 12.3 Å². The molecule has 1 amide bonds. The van der Waals surface area contributed by atoms with Gasteiger partial charge < -0.3 is 5.11 Å². The second-order valence-corrected chi connectivity index (χ2v) is 13.1. The summed E-state index contributed by atoms with van der Waals surface area (Å²) in [5.74, 6) is 0.627. The molecule has 0 bridgehead atoms. The Morgan fingerprint density at radius 1 is 1.03 bits per heavy atom. The number of alkyl carbamates (subject to hydrolysis) is 1. The summed E-state index contributed by atoms with van der Waals surface area (Å²) in [6.07, 6.45) is 1.09. The Hall–Kier alpha value is -1.76.